The van der Waals surface area contributed by atoms with Crippen LogP contribution in [0.3, 0.4) is 0 Å². The van der Waals surface area contributed by atoms with Gasteiger partial charge in [0.1, 0.15) is 18.3 Å². The minimum atomic E-state index is -1.49. The highest BCUT2D eigenvalue weighted by Gasteiger charge is 2.43. The van der Waals surface area contributed by atoms with Gasteiger partial charge in [-0.05, 0) is 0 Å². The number of rotatable bonds is 2. The SMILES string of the molecule is O=c1cc(F)[nH]c2nc(=O)n([C@@H]3O[C@H](CO)C(O)C3O)cc12. The third-order valence-electron chi connectivity index (χ3n) is 3.50. The number of fused-ring (bicyclic) bond motifs is 1. The maximum Gasteiger partial charge on any atom is 0.351 e. The Bertz CT molecular complexity index is 834. The summed E-state index contributed by atoms with van der Waals surface area (Å²) in [6.07, 6.45) is -4.23. The lowest BCUT2D eigenvalue weighted by Crippen LogP contribution is -2.36. The Morgan fingerprint density at radius 2 is 2.09 bits per heavy atom. The molecule has 0 amide bonds. The Labute approximate surface area is 121 Å². The van der Waals surface area contributed by atoms with Crippen molar-refractivity contribution in [2.75, 3.05) is 6.61 Å². The highest BCUT2D eigenvalue weighted by molar-refractivity contribution is 5.72. The van der Waals surface area contributed by atoms with Crippen LogP contribution in [0.25, 0.3) is 11.0 Å². The summed E-state index contributed by atoms with van der Waals surface area (Å²) in [6, 6.07) is 0.691. The van der Waals surface area contributed by atoms with Crippen molar-refractivity contribution in [3.8, 4) is 0 Å². The lowest BCUT2D eigenvalue weighted by atomic mass is 10.1. The molecule has 1 saturated heterocycles. The predicted molar refractivity (Wildman–Crippen MR) is 69.6 cm³/mol. The highest BCUT2D eigenvalue weighted by Crippen LogP contribution is 2.28. The first kappa shape index (κ1) is 14.8. The molecule has 0 aromatic carbocycles. The molecule has 22 heavy (non-hydrogen) atoms. The summed E-state index contributed by atoms with van der Waals surface area (Å²) in [5.74, 6) is -0.935. The monoisotopic (exact) mass is 313 g/mol. The largest absolute Gasteiger partial charge is 0.394 e. The third kappa shape index (κ3) is 2.22. The predicted octanol–water partition coefficient (Wildman–Crippen LogP) is -2.16. The molecule has 4 atom stereocenters. The maximum absolute atomic E-state index is 13.1. The van der Waals surface area contributed by atoms with Crippen LogP contribution in [0.1, 0.15) is 6.23 Å². The molecule has 0 spiro atoms. The zero-order valence-corrected chi connectivity index (χ0v) is 11.0. The smallest absolute Gasteiger partial charge is 0.351 e. The van der Waals surface area contributed by atoms with E-state index in [9.17, 15) is 24.2 Å². The van der Waals surface area contributed by atoms with Crippen molar-refractivity contribution in [1.29, 1.82) is 0 Å². The summed E-state index contributed by atoms with van der Waals surface area (Å²) in [5.41, 5.74) is -1.86. The van der Waals surface area contributed by atoms with E-state index >= 15 is 0 Å². The number of hydrogen-bond donors (Lipinski definition) is 4. The van der Waals surface area contributed by atoms with Gasteiger partial charge in [-0.2, -0.15) is 9.37 Å². The van der Waals surface area contributed by atoms with Gasteiger partial charge < -0.3 is 25.0 Å². The molecule has 9 nitrogen and oxygen atoms in total. The number of pyridine rings is 1. The summed E-state index contributed by atoms with van der Waals surface area (Å²) in [7, 11) is 0. The van der Waals surface area contributed by atoms with E-state index in [0.29, 0.717) is 6.07 Å². The van der Waals surface area contributed by atoms with Gasteiger partial charge in [-0.15, -0.1) is 0 Å². The number of aromatic amines is 1. The van der Waals surface area contributed by atoms with Gasteiger partial charge in [-0.1, -0.05) is 0 Å². The van der Waals surface area contributed by atoms with Crippen LogP contribution >= 0.6 is 0 Å². The van der Waals surface area contributed by atoms with E-state index in [4.69, 9.17) is 9.84 Å². The van der Waals surface area contributed by atoms with Crippen molar-refractivity contribution >= 4 is 11.0 Å². The zero-order chi connectivity index (χ0) is 16.0. The first-order valence-corrected chi connectivity index (χ1v) is 6.36. The molecule has 4 N–H and O–H groups in total. The number of hydrogen-bond acceptors (Lipinski definition) is 7. The normalized spacial score (nSPS) is 28.4. The summed E-state index contributed by atoms with van der Waals surface area (Å²) in [6.45, 7) is -0.559. The third-order valence-corrected chi connectivity index (χ3v) is 3.50. The average Bonchev–Trinajstić information content (AvgIpc) is 2.74. The lowest BCUT2D eigenvalue weighted by molar-refractivity contribution is -0.0547. The summed E-state index contributed by atoms with van der Waals surface area (Å²) >= 11 is 0. The van der Waals surface area contributed by atoms with Crippen LogP contribution in [0.2, 0.25) is 0 Å². The number of H-pyrrole nitrogens is 1. The second kappa shape index (κ2) is 5.25. The van der Waals surface area contributed by atoms with Gasteiger partial charge in [0.15, 0.2) is 23.3 Å². The number of halogens is 1. The molecule has 3 rings (SSSR count). The van der Waals surface area contributed by atoms with Gasteiger partial charge in [0.25, 0.3) is 0 Å². The molecular weight excluding hydrogens is 301 g/mol. The van der Waals surface area contributed by atoms with E-state index in [-0.39, 0.29) is 11.0 Å². The molecule has 0 aliphatic carbocycles. The Hall–Kier alpha value is -2.14. The van der Waals surface area contributed by atoms with Gasteiger partial charge in [-0.3, -0.25) is 9.36 Å². The van der Waals surface area contributed by atoms with Crippen molar-refractivity contribution in [1.82, 2.24) is 14.5 Å². The number of ether oxygens (including phenoxy) is 1. The second-order valence-corrected chi connectivity index (χ2v) is 4.90. The van der Waals surface area contributed by atoms with Crippen LogP contribution in [-0.2, 0) is 4.74 Å². The molecule has 1 aliphatic rings. The van der Waals surface area contributed by atoms with Crippen LogP contribution in [0.15, 0.2) is 21.9 Å². The molecule has 3 heterocycles. The molecule has 0 saturated carbocycles. The Kier molecular flexibility index (Phi) is 3.53. The fourth-order valence-electron chi connectivity index (χ4n) is 2.38. The van der Waals surface area contributed by atoms with Crippen LogP contribution < -0.4 is 11.1 Å². The lowest BCUT2D eigenvalue weighted by Gasteiger charge is -2.17. The van der Waals surface area contributed by atoms with Crippen molar-refractivity contribution in [3.05, 3.63) is 38.9 Å². The van der Waals surface area contributed by atoms with Crippen LogP contribution in [0.4, 0.5) is 4.39 Å². The van der Waals surface area contributed by atoms with Crippen molar-refractivity contribution in [2.24, 2.45) is 0 Å². The number of aromatic nitrogens is 3. The summed E-state index contributed by atoms with van der Waals surface area (Å²) in [4.78, 5) is 29.4. The zero-order valence-electron chi connectivity index (χ0n) is 11.0. The summed E-state index contributed by atoms with van der Waals surface area (Å²) in [5, 5.41) is 28.6. The topological polar surface area (TPSA) is 138 Å². The Morgan fingerprint density at radius 1 is 1.36 bits per heavy atom. The summed E-state index contributed by atoms with van der Waals surface area (Å²) < 4.78 is 19.1. The van der Waals surface area contributed by atoms with E-state index in [0.717, 1.165) is 10.8 Å². The van der Waals surface area contributed by atoms with Crippen LogP contribution in [0.5, 0.6) is 0 Å². The first-order valence-electron chi connectivity index (χ1n) is 6.36. The number of nitrogens with one attached hydrogen (secondary N) is 1. The highest BCUT2D eigenvalue weighted by atomic mass is 19.1. The molecule has 1 aliphatic heterocycles. The Balaban J connectivity index is 2.14. The second-order valence-electron chi connectivity index (χ2n) is 4.90. The van der Waals surface area contributed by atoms with Crippen LogP contribution in [-0.4, -0.2) is 54.8 Å². The molecule has 0 bridgehead atoms. The molecule has 118 valence electrons. The number of aliphatic hydroxyl groups excluding tert-OH is 3. The van der Waals surface area contributed by atoms with E-state index in [1.165, 1.54) is 0 Å². The fraction of sp³-hybridized carbons (Fsp3) is 0.417. The van der Waals surface area contributed by atoms with Gasteiger partial charge in [0.2, 0.25) is 0 Å². The van der Waals surface area contributed by atoms with Gasteiger partial charge in [0, 0.05) is 12.3 Å². The molecular formula is C12H12FN3O6. The molecule has 2 aromatic heterocycles. The van der Waals surface area contributed by atoms with Crippen LogP contribution in [0, 0.1) is 5.95 Å². The maximum atomic E-state index is 13.1. The standard InChI is InChI=1S/C12H12FN3O6/c13-7-1-5(18)4-2-16(12(21)15-10(4)14-7)11-9(20)8(19)6(3-17)22-11/h1-2,6,8-9,11,17,19-20H,3H2,(H,14,15,21)/t6-,8?,9?,11-/m1/s1. The molecule has 2 unspecified atom stereocenters. The average molecular weight is 313 g/mol. The van der Waals surface area contributed by atoms with E-state index in [1.54, 1.807) is 0 Å². The van der Waals surface area contributed by atoms with Gasteiger partial charge in [0.05, 0.1) is 12.0 Å². The Morgan fingerprint density at radius 3 is 2.73 bits per heavy atom. The number of nitrogens with zero attached hydrogens (tertiary/aromatic N) is 2. The minimum Gasteiger partial charge on any atom is -0.394 e. The fourth-order valence-corrected chi connectivity index (χ4v) is 2.38. The quantitative estimate of drug-likeness (QED) is 0.463. The van der Waals surface area contributed by atoms with E-state index < -0.39 is 48.2 Å². The van der Waals surface area contributed by atoms with Crippen molar-refractivity contribution in [2.45, 2.75) is 24.5 Å². The molecule has 10 heteroatoms. The first-order chi connectivity index (χ1) is 10.4. The molecule has 2 aromatic rings. The van der Waals surface area contributed by atoms with E-state index in [1.807, 2.05) is 0 Å². The van der Waals surface area contributed by atoms with Crippen molar-refractivity contribution in [3.63, 3.8) is 0 Å². The molecule has 0 radical (unpaired) electrons. The molecule has 1 fully saturated rings. The minimum absolute atomic E-state index is 0.0845. The number of aliphatic hydroxyl groups is 3. The van der Waals surface area contributed by atoms with Gasteiger partial charge in [-0.25, -0.2) is 4.79 Å². The van der Waals surface area contributed by atoms with Gasteiger partial charge >= 0.3 is 5.69 Å². The van der Waals surface area contributed by atoms with E-state index in [2.05, 4.69) is 9.97 Å². The van der Waals surface area contributed by atoms with Crippen molar-refractivity contribution < 1.29 is 24.4 Å².